The molecule has 2 aromatic rings. The third-order valence-corrected chi connectivity index (χ3v) is 8.16. The third kappa shape index (κ3) is 10.6. The van der Waals surface area contributed by atoms with E-state index in [0.29, 0.717) is 49.5 Å². The van der Waals surface area contributed by atoms with E-state index >= 15 is 0 Å². The van der Waals surface area contributed by atoms with Crippen LogP contribution in [0.4, 0.5) is 5.82 Å². The Kier molecular flexibility index (Phi) is 13.5. The van der Waals surface area contributed by atoms with E-state index in [9.17, 15) is 9.59 Å². The van der Waals surface area contributed by atoms with Crippen LogP contribution in [0.1, 0.15) is 57.9 Å². The molecule has 1 aromatic carbocycles. The van der Waals surface area contributed by atoms with E-state index in [1.54, 1.807) is 6.07 Å². The molecule has 220 valence electrons. The van der Waals surface area contributed by atoms with Gasteiger partial charge in [0.15, 0.2) is 5.16 Å². The van der Waals surface area contributed by atoms with Gasteiger partial charge in [0, 0.05) is 57.8 Å². The average molecular weight is 589 g/mol. The summed E-state index contributed by atoms with van der Waals surface area (Å²) < 4.78 is 0. The summed E-state index contributed by atoms with van der Waals surface area (Å²) in [5.41, 5.74) is 1.10. The Hall–Kier alpha value is -2.36. The summed E-state index contributed by atoms with van der Waals surface area (Å²) in [5, 5.41) is 0.841. The Balaban J connectivity index is 1.57. The first-order valence-electron chi connectivity index (χ1n) is 14.4. The molecule has 10 heteroatoms. The highest BCUT2D eigenvalue weighted by molar-refractivity contribution is 7.99. The Morgan fingerprint density at radius 3 is 2.50 bits per heavy atom. The van der Waals surface area contributed by atoms with Crippen LogP contribution in [-0.4, -0.2) is 95.1 Å². The minimum Gasteiger partial charge on any atom is -0.353 e. The molecule has 0 aliphatic carbocycles. The Morgan fingerprint density at radius 1 is 1.05 bits per heavy atom. The molecule has 0 spiro atoms. The van der Waals surface area contributed by atoms with Crippen LogP contribution in [0, 0.1) is 0 Å². The summed E-state index contributed by atoms with van der Waals surface area (Å²) in [7, 11) is 4.01. The van der Waals surface area contributed by atoms with Gasteiger partial charge in [-0.1, -0.05) is 86.3 Å². The molecule has 2 amide bonds. The monoisotopic (exact) mass is 588 g/mol. The number of amides is 2. The molecule has 0 saturated carbocycles. The van der Waals surface area contributed by atoms with Gasteiger partial charge in [0.25, 0.3) is 0 Å². The molecule has 3 rings (SSSR count). The highest BCUT2D eigenvalue weighted by Crippen LogP contribution is 2.25. The van der Waals surface area contributed by atoms with Crippen molar-refractivity contribution in [3.63, 3.8) is 0 Å². The number of rotatable bonds is 15. The van der Waals surface area contributed by atoms with Gasteiger partial charge in [-0.2, -0.15) is 0 Å². The predicted molar refractivity (Wildman–Crippen MR) is 165 cm³/mol. The van der Waals surface area contributed by atoms with Crippen molar-refractivity contribution < 1.29 is 9.59 Å². The van der Waals surface area contributed by atoms with Gasteiger partial charge in [0.05, 0.1) is 5.75 Å². The maximum atomic E-state index is 13.2. The minimum absolute atomic E-state index is 0.0382. The molecule has 1 unspecified atom stereocenters. The molecule has 0 radical (unpaired) electrons. The van der Waals surface area contributed by atoms with Gasteiger partial charge in [-0.3, -0.25) is 9.59 Å². The molecular formula is C30H45ClN6O2S. The van der Waals surface area contributed by atoms with E-state index in [-0.39, 0.29) is 23.6 Å². The number of benzene rings is 1. The number of halogens is 1. The van der Waals surface area contributed by atoms with Crippen LogP contribution >= 0.6 is 23.4 Å². The standard InChI is InChI=1S/C30H45ClN6O2S/c1-5-6-7-8-12-15-28(38)37-19-18-35(21-24(37)2)27-20-26(31)32-30(33-27)40-23-29(39)36(17-16-34(3)4)22-25-13-10-9-11-14-25/h9-11,13-14,20,24H,5-8,12,15-19,21-23H2,1-4H3. The van der Waals surface area contributed by atoms with Gasteiger partial charge in [0.1, 0.15) is 11.0 Å². The molecule has 1 aliphatic heterocycles. The van der Waals surface area contributed by atoms with Crippen LogP contribution in [0.25, 0.3) is 0 Å². The smallest absolute Gasteiger partial charge is 0.233 e. The van der Waals surface area contributed by atoms with Crippen LogP contribution in [-0.2, 0) is 16.1 Å². The zero-order valence-electron chi connectivity index (χ0n) is 24.5. The topological polar surface area (TPSA) is 72.9 Å². The lowest BCUT2D eigenvalue weighted by Crippen LogP contribution is -2.54. The zero-order chi connectivity index (χ0) is 28.9. The average Bonchev–Trinajstić information content (AvgIpc) is 2.93. The van der Waals surface area contributed by atoms with E-state index in [0.717, 1.165) is 30.8 Å². The van der Waals surface area contributed by atoms with Crippen molar-refractivity contribution in [2.45, 2.75) is 70.1 Å². The number of thioether (sulfide) groups is 1. The summed E-state index contributed by atoms with van der Waals surface area (Å²) in [6.45, 7) is 8.33. The molecular weight excluding hydrogens is 544 g/mol. The fourth-order valence-electron chi connectivity index (χ4n) is 4.81. The number of aromatic nitrogens is 2. The van der Waals surface area contributed by atoms with E-state index in [2.05, 4.69) is 28.6 Å². The summed E-state index contributed by atoms with van der Waals surface area (Å²) in [6, 6.07) is 11.9. The van der Waals surface area contributed by atoms with Gasteiger partial charge >= 0.3 is 0 Å². The molecule has 0 bridgehead atoms. The van der Waals surface area contributed by atoms with E-state index in [1.165, 1.54) is 31.0 Å². The largest absolute Gasteiger partial charge is 0.353 e. The number of hydrogen-bond acceptors (Lipinski definition) is 7. The van der Waals surface area contributed by atoms with Gasteiger partial charge in [-0.15, -0.1) is 0 Å². The number of nitrogens with zero attached hydrogens (tertiary/aromatic N) is 6. The van der Waals surface area contributed by atoms with Crippen LogP contribution in [0.3, 0.4) is 0 Å². The summed E-state index contributed by atoms with van der Waals surface area (Å²) >= 11 is 7.70. The SMILES string of the molecule is CCCCCCCC(=O)N1CCN(c2cc(Cl)nc(SCC(=O)N(CCN(C)C)Cc3ccccc3)n2)CC1C. The van der Waals surface area contributed by atoms with Crippen LogP contribution < -0.4 is 4.90 Å². The normalized spacial score (nSPS) is 15.5. The van der Waals surface area contributed by atoms with Crippen molar-refractivity contribution in [3.05, 3.63) is 47.1 Å². The van der Waals surface area contributed by atoms with E-state index in [1.807, 2.05) is 54.2 Å². The lowest BCUT2D eigenvalue weighted by atomic mass is 10.1. The van der Waals surface area contributed by atoms with E-state index in [4.69, 9.17) is 16.6 Å². The van der Waals surface area contributed by atoms with Crippen LogP contribution in [0.15, 0.2) is 41.6 Å². The number of piperazine rings is 1. The van der Waals surface area contributed by atoms with Crippen molar-refractivity contribution in [2.24, 2.45) is 0 Å². The first-order valence-corrected chi connectivity index (χ1v) is 15.8. The molecule has 1 aliphatic rings. The maximum absolute atomic E-state index is 13.2. The third-order valence-electron chi connectivity index (χ3n) is 7.14. The van der Waals surface area contributed by atoms with Crippen molar-refractivity contribution in [3.8, 4) is 0 Å². The van der Waals surface area contributed by atoms with Crippen molar-refractivity contribution >= 4 is 41.0 Å². The second kappa shape index (κ2) is 16.8. The Labute approximate surface area is 249 Å². The summed E-state index contributed by atoms with van der Waals surface area (Å²) in [5.74, 6) is 1.25. The maximum Gasteiger partial charge on any atom is 0.233 e. The van der Waals surface area contributed by atoms with Crippen molar-refractivity contribution in [1.82, 2.24) is 24.7 Å². The molecule has 1 atom stereocenters. The van der Waals surface area contributed by atoms with Crippen molar-refractivity contribution in [1.29, 1.82) is 0 Å². The van der Waals surface area contributed by atoms with Crippen LogP contribution in [0.5, 0.6) is 0 Å². The number of carbonyl (C=O) groups is 2. The number of anilines is 1. The Bertz CT molecular complexity index is 1070. The second-order valence-electron chi connectivity index (χ2n) is 10.8. The van der Waals surface area contributed by atoms with E-state index < -0.39 is 0 Å². The van der Waals surface area contributed by atoms with Gasteiger partial charge in [-0.05, 0) is 33.0 Å². The number of carbonyl (C=O) groups excluding carboxylic acids is 2. The molecule has 1 aromatic heterocycles. The molecule has 1 fully saturated rings. The molecule has 1 saturated heterocycles. The van der Waals surface area contributed by atoms with Gasteiger partial charge in [-0.25, -0.2) is 9.97 Å². The van der Waals surface area contributed by atoms with Gasteiger partial charge in [0.2, 0.25) is 11.8 Å². The quantitative estimate of drug-likeness (QED) is 0.122. The molecule has 2 heterocycles. The number of hydrogen-bond donors (Lipinski definition) is 0. The summed E-state index contributed by atoms with van der Waals surface area (Å²) in [6.07, 6.45) is 6.36. The highest BCUT2D eigenvalue weighted by Gasteiger charge is 2.28. The first-order chi connectivity index (χ1) is 19.3. The number of likely N-dealkylation sites (N-methyl/N-ethyl adjacent to an activating group) is 1. The lowest BCUT2D eigenvalue weighted by molar-refractivity contribution is -0.133. The minimum atomic E-state index is 0.0382. The Morgan fingerprint density at radius 2 is 1.80 bits per heavy atom. The van der Waals surface area contributed by atoms with Gasteiger partial charge < -0.3 is 19.6 Å². The number of unbranched alkanes of at least 4 members (excludes halogenated alkanes) is 4. The second-order valence-corrected chi connectivity index (χ2v) is 12.1. The zero-order valence-corrected chi connectivity index (χ0v) is 26.1. The predicted octanol–water partition coefficient (Wildman–Crippen LogP) is 5.21. The first kappa shape index (κ1) is 32.2. The lowest BCUT2D eigenvalue weighted by Gasteiger charge is -2.40. The summed E-state index contributed by atoms with van der Waals surface area (Å²) in [4.78, 5) is 43.3. The fourth-order valence-corrected chi connectivity index (χ4v) is 5.79. The molecule has 8 nitrogen and oxygen atoms in total. The fraction of sp³-hybridized carbons (Fsp3) is 0.600. The van der Waals surface area contributed by atoms with Crippen LogP contribution in [0.2, 0.25) is 5.15 Å². The molecule has 0 N–H and O–H groups in total. The molecule has 40 heavy (non-hydrogen) atoms. The highest BCUT2D eigenvalue weighted by atomic mass is 35.5. The van der Waals surface area contributed by atoms with Crippen molar-refractivity contribution in [2.75, 3.05) is 57.5 Å².